The summed E-state index contributed by atoms with van der Waals surface area (Å²) in [6, 6.07) is 0.0589. The lowest BCUT2D eigenvalue weighted by atomic mass is 10.2. The molecule has 1 amide bonds. The zero-order valence-electron chi connectivity index (χ0n) is 8.80. The molecule has 1 aromatic rings. The van der Waals surface area contributed by atoms with Gasteiger partial charge in [0.15, 0.2) is 12.1 Å². The second-order valence-corrected chi connectivity index (χ2v) is 3.95. The van der Waals surface area contributed by atoms with Crippen LogP contribution in [0, 0.1) is 6.92 Å². The zero-order chi connectivity index (χ0) is 11.0. The van der Waals surface area contributed by atoms with Gasteiger partial charge in [-0.25, -0.2) is 4.98 Å². The molecule has 2 rings (SSSR count). The van der Waals surface area contributed by atoms with E-state index in [9.17, 15) is 9.90 Å². The van der Waals surface area contributed by atoms with E-state index >= 15 is 0 Å². The van der Waals surface area contributed by atoms with Crippen molar-refractivity contribution in [3.63, 3.8) is 0 Å². The number of likely N-dealkylation sites (tertiary alicyclic amines) is 1. The Balaban J connectivity index is 2.19. The molecule has 2 heterocycles. The normalized spacial score (nSPS) is 25.9. The largest absolute Gasteiger partial charge is 0.448 e. The first kappa shape index (κ1) is 10.2. The Hall–Kier alpha value is -1.36. The quantitative estimate of drug-likeness (QED) is 0.736. The summed E-state index contributed by atoms with van der Waals surface area (Å²) < 4.78 is 4.99. The molecule has 0 bridgehead atoms. The molecule has 1 saturated heterocycles. The topological polar surface area (TPSA) is 66.6 Å². The fourth-order valence-corrected chi connectivity index (χ4v) is 1.93. The lowest BCUT2D eigenvalue weighted by molar-refractivity contribution is 0.0719. The Kier molecular flexibility index (Phi) is 2.48. The molecule has 2 unspecified atom stereocenters. The van der Waals surface area contributed by atoms with Gasteiger partial charge in [-0.15, -0.1) is 0 Å². The van der Waals surface area contributed by atoms with Crippen molar-refractivity contribution in [1.82, 2.24) is 9.88 Å². The van der Waals surface area contributed by atoms with Crippen LogP contribution in [0.15, 0.2) is 10.8 Å². The molecule has 5 heteroatoms. The molecule has 0 aliphatic carbocycles. The average molecular weight is 210 g/mol. The summed E-state index contributed by atoms with van der Waals surface area (Å²) in [7, 11) is 0. The van der Waals surface area contributed by atoms with E-state index in [0.717, 1.165) is 0 Å². The Morgan fingerprint density at radius 1 is 1.73 bits per heavy atom. The number of hydrogen-bond donors (Lipinski definition) is 1. The van der Waals surface area contributed by atoms with Crippen LogP contribution in [-0.2, 0) is 0 Å². The van der Waals surface area contributed by atoms with Gasteiger partial charge in [0.25, 0.3) is 5.91 Å². The predicted molar refractivity (Wildman–Crippen MR) is 52.4 cm³/mol. The summed E-state index contributed by atoms with van der Waals surface area (Å²) in [4.78, 5) is 17.5. The summed E-state index contributed by atoms with van der Waals surface area (Å²) in [6.07, 6.45) is 1.47. The highest BCUT2D eigenvalue weighted by Crippen LogP contribution is 2.20. The van der Waals surface area contributed by atoms with Gasteiger partial charge in [0.2, 0.25) is 0 Å². The molecule has 1 aliphatic rings. The Labute approximate surface area is 87.7 Å². The van der Waals surface area contributed by atoms with Crippen LogP contribution >= 0.6 is 0 Å². The number of amides is 1. The number of aliphatic hydroxyl groups excluding tert-OH is 1. The SMILES string of the molecule is Cc1ocnc1C(=O)N1CC(O)CC1C. The first-order valence-corrected chi connectivity index (χ1v) is 4.98. The van der Waals surface area contributed by atoms with E-state index in [0.29, 0.717) is 24.4 Å². The van der Waals surface area contributed by atoms with Crippen molar-refractivity contribution < 1.29 is 14.3 Å². The number of aliphatic hydroxyl groups is 1. The van der Waals surface area contributed by atoms with Gasteiger partial charge in [0.05, 0.1) is 6.10 Å². The number of nitrogens with zero attached hydrogens (tertiary/aromatic N) is 2. The van der Waals surface area contributed by atoms with Crippen molar-refractivity contribution in [1.29, 1.82) is 0 Å². The number of β-amino-alcohol motifs (C(OH)–C–C–N with tert-alkyl or cyclic N) is 1. The second-order valence-electron chi connectivity index (χ2n) is 3.95. The Morgan fingerprint density at radius 3 is 2.93 bits per heavy atom. The van der Waals surface area contributed by atoms with Gasteiger partial charge in [-0.05, 0) is 20.3 Å². The van der Waals surface area contributed by atoms with Crippen LogP contribution in [0.3, 0.4) is 0 Å². The molecule has 0 spiro atoms. The lowest BCUT2D eigenvalue weighted by Gasteiger charge is -2.19. The highest BCUT2D eigenvalue weighted by Gasteiger charge is 2.33. The summed E-state index contributed by atoms with van der Waals surface area (Å²) in [6.45, 7) is 4.01. The third-order valence-corrected chi connectivity index (χ3v) is 2.76. The lowest BCUT2D eigenvalue weighted by Crippen LogP contribution is -2.34. The van der Waals surface area contributed by atoms with E-state index in [1.807, 2.05) is 6.92 Å². The fraction of sp³-hybridized carbons (Fsp3) is 0.600. The molecule has 0 radical (unpaired) electrons. The maximum Gasteiger partial charge on any atom is 0.276 e. The molecule has 15 heavy (non-hydrogen) atoms. The number of carbonyl (C=O) groups excluding carboxylic acids is 1. The molecule has 1 aliphatic heterocycles. The number of rotatable bonds is 1. The first-order valence-electron chi connectivity index (χ1n) is 4.98. The van der Waals surface area contributed by atoms with Gasteiger partial charge in [-0.2, -0.15) is 0 Å². The third-order valence-electron chi connectivity index (χ3n) is 2.76. The minimum absolute atomic E-state index is 0.0589. The minimum atomic E-state index is -0.420. The summed E-state index contributed by atoms with van der Waals surface area (Å²) in [5, 5.41) is 9.45. The molecular formula is C10H14N2O3. The van der Waals surface area contributed by atoms with E-state index in [1.165, 1.54) is 6.39 Å². The Morgan fingerprint density at radius 2 is 2.47 bits per heavy atom. The van der Waals surface area contributed by atoms with E-state index in [1.54, 1.807) is 11.8 Å². The van der Waals surface area contributed by atoms with Crippen molar-refractivity contribution >= 4 is 5.91 Å². The summed E-state index contributed by atoms with van der Waals surface area (Å²) in [5.41, 5.74) is 0.343. The number of aromatic nitrogens is 1. The molecule has 1 fully saturated rings. The molecule has 0 aromatic carbocycles. The van der Waals surface area contributed by atoms with Crippen LogP contribution in [0.25, 0.3) is 0 Å². The molecule has 0 saturated carbocycles. The second kappa shape index (κ2) is 3.66. The van der Waals surface area contributed by atoms with Crippen molar-refractivity contribution in [2.45, 2.75) is 32.4 Å². The van der Waals surface area contributed by atoms with Gasteiger partial charge in [0, 0.05) is 12.6 Å². The zero-order valence-corrected chi connectivity index (χ0v) is 8.80. The monoisotopic (exact) mass is 210 g/mol. The van der Waals surface area contributed by atoms with Gasteiger partial charge >= 0.3 is 0 Å². The van der Waals surface area contributed by atoms with Gasteiger partial charge < -0.3 is 14.4 Å². The van der Waals surface area contributed by atoms with Gasteiger partial charge in [0.1, 0.15) is 5.76 Å². The highest BCUT2D eigenvalue weighted by atomic mass is 16.3. The Bertz CT molecular complexity index is 374. The van der Waals surface area contributed by atoms with Gasteiger partial charge in [-0.1, -0.05) is 0 Å². The van der Waals surface area contributed by atoms with Crippen molar-refractivity contribution in [3.8, 4) is 0 Å². The van der Waals surface area contributed by atoms with Crippen LogP contribution in [0.1, 0.15) is 29.6 Å². The third kappa shape index (κ3) is 1.74. The van der Waals surface area contributed by atoms with Crippen LogP contribution < -0.4 is 0 Å². The molecular weight excluding hydrogens is 196 g/mol. The predicted octanol–water partition coefficient (Wildman–Crippen LogP) is 0.578. The van der Waals surface area contributed by atoms with E-state index in [2.05, 4.69) is 4.98 Å². The summed E-state index contributed by atoms with van der Waals surface area (Å²) >= 11 is 0. The molecule has 2 atom stereocenters. The van der Waals surface area contributed by atoms with Crippen LogP contribution in [0.5, 0.6) is 0 Å². The standard InChI is InChI=1S/C10H14N2O3/c1-6-3-8(13)4-12(6)10(14)9-7(2)15-5-11-9/h5-6,8,13H,3-4H2,1-2H3. The van der Waals surface area contributed by atoms with E-state index in [-0.39, 0.29) is 11.9 Å². The average Bonchev–Trinajstić information content (AvgIpc) is 2.71. The van der Waals surface area contributed by atoms with E-state index < -0.39 is 6.10 Å². The minimum Gasteiger partial charge on any atom is -0.448 e. The molecule has 1 aromatic heterocycles. The van der Waals surface area contributed by atoms with Crippen molar-refractivity contribution in [3.05, 3.63) is 17.8 Å². The van der Waals surface area contributed by atoms with Crippen LogP contribution in [-0.4, -0.2) is 39.6 Å². The number of aryl methyl sites for hydroxylation is 1. The molecule has 1 N–H and O–H groups in total. The number of hydrogen-bond acceptors (Lipinski definition) is 4. The highest BCUT2D eigenvalue weighted by molar-refractivity contribution is 5.93. The fourth-order valence-electron chi connectivity index (χ4n) is 1.93. The van der Waals surface area contributed by atoms with Crippen molar-refractivity contribution in [2.75, 3.05) is 6.54 Å². The number of oxazole rings is 1. The van der Waals surface area contributed by atoms with Crippen molar-refractivity contribution in [2.24, 2.45) is 0 Å². The number of carbonyl (C=O) groups is 1. The molecule has 5 nitrogen and oxygen atoms in total. The molecule has 82 valence electrons. The summed E-state index contributed by atoms with van der Waals surface area (Å²) in [5.74, 6) is 0.360. The first-order chi connectivity index (χ1) is 7.09. The van der Waals surface area contributed by atoms with Crippen LogP contribution in [0.4, 0.5) is 0 Å². The smallest absolute Gasteiger partial charge is 0.276 e. The van der Waals surface area contributed by atoms with E-state index in [4.69, 9.17) is 4.42 Å². The van der Waals surface area contributed by atoms with Crippen LogP contribution in [0.2, 0.25) is 0 Å². The van der Waals surface area contributed by atoms with Gasteiger partial charge in [-0.3, -0.25) is 4.79 Å². The maximum atomic E-state index is 12.0. The maximum absolute atomic E-state index is 12.0.